The van der Waals surface area contributed by atoms with Crippen LogP contribution in [0.5, 0.6) is 11.5 Å². The highest BCUT2D eigenvalue weighted by atomic mass is 35.5. The molecular formula is C83H85ClF4N4O6. The lowest BCUT2D eigenvalue weighted by Gasteiger charge is -2.43. The number of unbranched alkanes of at least 4 members (excludes halogenated alkanes) is 2. The first kappa shape index (κ1) is 71.3. The molecule has 3 heterocycles. The molecule has 98 heavy (non-hydrogen) atoms. The fourth-order valence-corrected chi connectivity index (χ4v) is 14.1. The highest BCUT2D eigenvalue weighted by Crippen LogP contribution is 2.45. The third-order valence-corrected chi connectivity index (χ3v) is 18.9. The number of hydrogen-bond acceptors (Lipinski definition) is 7. The van der Waals surface area contributed by atoms with E-state index in [0.717, 1.165) is 124 Å². The van der Waals surface area contributed by atoms with E-state index in [9.17, 15) is 23.5 Å². The number of aryl methyl sites for hydroxylation is 2. The first-order valence-electron chi connectivity index (χ1n) is 33.7. The SMILES string of the molecule is CC/C(=C(/c1ccc(/C=C/C(=O)O)cc1)c1ccc2c(c1)C=NC2)c1ccc(F)cc1Cl.CCCCCc1ccc(CN(CC)c2cc(OC)ccc2[C@@H]2CCc3cc(O)ccc3C2)cc1.C[C@H]1Cc2c([nH]c3ccccc23)[C@@H](c2c(F)cc(/C=C/C(=O)O)cc2F)N1CC(C)(C)F. The minimum atomic E-state index is -1.58. The van der Waals surface area contributed by atoms with Crippen molar-refractivity contribution in [2.75, 3.05) is 25.1 Å². The molecule has 0 saturated carbocycles. The van der Waals surface area contributed by atoms with E-state index in [0.29, 0.717) is 41.8 Å². The van der Waals surface area contributed by atoms with Crippen LogP contribution in [-0.4, -0.2) is 75.3 Å². The van der Waals surface area contributed by atoms with Crippen molar-refractivity contribution in [3.05, 3.63) is 276 Å². The van der Waals surface area contributed by atoms with E-state index in [1.54, 1.807) is 24.2 Å². The van der Waals surface area contributed by atoms with Crippen molar-refractivity contribution in [3.63, 3.8) is 0 Å². The van der Waals surface area contributed by atoms with Crippen LogP contribution in [0.15, 0.2) is 175 Å². The molecule has 0 bridgehead atoms. The minimum Gasteiger partial charge on any atom is -0.508 e. The molecule has 508 valence electrons. The second kappa shape index (κ2) is 32.2. The molecule has 3 atom stereocenters. The highest BCUT2D eigenvalue weighted by molar-refractivity contribution is 6.32. The van der Waals surface area contributed by atoms with Crippen molar-refractivity contribution in [1.82, 2.24) is 9.88 Å². The number of carbonyl (C=O) groups is 2. The number of halogens is 5. The summed E-state index contributed by atoms with van der Waals surface area (Å²) in [7, 11) is 1.75. The number of ether oxygens (including phenoxy) is 1. The Kier molecular flexibility index (Phi) is 23.4. The van der Waals surface area contributed by atoms with Crippen molar-refractivity contribution in [2.24, 2.45) is 4.99 Å². The molecule has 12 rings (SSSR count). The standard InChI is InChI=1S/C31H39NO2.C27H21ClFNO2.C25H25F3N2O2/c1-4-6-7-8-23-9-11-24(12-10-23)22-32(5-2)31-21-29(34-3)17-18-30(31)27-14-13-26-20-28(33)16-15-25(26)19-27;1-2-23(24-11-10-22(29)14-25(24)28)27(19-8-9-20-15-30-16-21(20)13-19)18-6-3-17(4-7-18)5-12-26(31)32;1-14-10-17-16-6-4-5-7-20(16)29-23(17)24(30(14)13-25(2,3)28)22-18(26)11-15(12-19(22)27)8-9-21(31)32/h9-12,15-18,20-21,27,33H,4-8,13-14,19,22H2,1-3H3;3-14,16H,2,15H2,1H3,(H,31,32);4-9,11-12,14,24,29H,10,13H2,1-3H3,(H,31,32)/b;12-5+,27-23+;9-8+/t27-;;14-,24+/m1.0/s1. The number of nitrogens with zero attached hydrogens (tertiary/aromatic N) is 3. The molecule has 0 unspecified atom stereocenters. The Morgan fingerprint density at radius 3 is 2.13 bits per heavy atom. The van der Waals surface area contributed by atoms with Crippen molar-refractivity contribution in [3.8, 4) is 11.5 Å². The molecule has 4 N–H and O–H groups in total. The van der Waals surface area contributed by atoms with Crippen molar-refractivity contribution >= 4 is 69.6 Å². The van der Waals surface area contributed by atoms with Gasteiger partial charge in [0.25, 0.3) is 0 Å². The van der Waals surface area contributed by atoms with Gasteiger partial charge in [-0.1, -0.05) is 135 Å². The molecule has 0 fully saturated rings. The van der Waals surface area contributed by atoms with Crippen molar-refractivity contribution < 1.29 is 47.2 Å². The van der Waals surface area contributed by atoms with Gasteiger partial charge in [-0.05, 0) is 229 Å². The van der Waals surface area contributed by atoms with Crippen LogP contribution in [-0.2, 0) is 48.4 Å². The number of carboxylic acid groups (broad SMARTS) is 2. The zero-order valence-corrected chi connectivity index (χ0v) is 57.4. The van der Waals surface area contributed by atoms with Gasteiger partial charge < -0.3 is 29.9 Å². The van der Waals surface area contributed by atoms with Gasteiger partial charge in [0.1, 0.15) is 34.6 Å². The molecule has 0 amide bonds. The number of aliphatic carboxylic acids is 2. The number of methoxy groups -OCH3 is 1. The van der Waals surface area contributed by atoms with Crippen LogP contribution in [0.3, 0.4) is 0 Å². The second-order valence-electron chi connectivity index (χ2n) is 26.1. The number of aromatic nitrogens is 1. The average molecular weight is 1350 g/mol. The number of para-hydroxylation sites is 1. The van der Waals surface area contributed by atoms with Gasteiger partial charge in [-0.2, -0.15) is 0 Å². The lowest BCUT2D eigenvalue weighted by Crippen LogP contribution is -2.48. The number of alkyl halides is 1. The zero-order valence-electron chi connectivity index (χ0n) is 56.6. The number of aliphatic imine (C=N–C) groups is 1. The number of phenolic OH excluding ortho intramolecular Hbond substituents is 1. The predicted molar refractivity (Wildman–Crippen MR) is 389 cm³/mol. The summed E-state index contributed by atoms with van der Waals surface area (Å²) in [6.07, 6.45) is 15.9. The maximum absolute atomic E-state index is 15.3. The average Bonchev–Trinajstić information content (AvgIpc) is 1.54. The van der Waals surface area contributed by atoms with Crippen LogP contribution in [0.4, 0.5) is 23.2 Å². The van der Waals surface area contributed by atoms with E-state index in [1.807, 2.05) is 80.7 Å². The van der Waals surface area contributed by atoms with Crippen LogP contribution in [0.2, 0.25) is 5.02 Å². The number of phenols is 1. The lowest BCUT2D eigenvalue weighted by molar-refractivity contribution is -0.132. The van der Waals surface area contributed by atoms with E-state index in [4.69, 9.17) is 26.6 Å². The van der Waals surface area contributed by atoms with E-state index in [-0.39, 0.29) is 29.5 Å². The first-order chi connectivity index (χ1) is 47.1. The van der Waals surface area contributed by atoms with Crippen molar-refractivity contribution in [2.45, 2.75) is 136 Å². The molecule has 0 spiro atoms. The number of anilines is 1. The van der Waals surface area contributed by atoms with E-state index in [2.05, 4.69) is 95.5 Å². The van der Waals surface area contributed by atoms with Gasteiger partial charge in [0.15, 0.2) is 0 Å². The number of benzene rings is 8. The number of fused-ring (bicyclic) bond motifs is 5. The van der Waals surface area contributed by atoms with Gasteiger partial charge in [-0.25, -0.2) is 27.2 Å². The summed E-state index contributed by atoms with van der Waals surface area (Å²) in [5.41, 5.74) is 16.8. The number of nitrogens with one attached hydrogen (secondary N) is 1. The topological polar surface area (TPSA) is 139 Å². The Morgan fingerprint density at radius 1 is 0.765 bits per heavy atom. The largest absolute Gasteiger partial charge is 0.508 e. The van der Waals surface area contributed by atoms with E-state index >= 15 is 8.78 Å². The van der Waals surface area contributed by atoms with Gasteiger partial charge in [-0.15, -0.1) is 0 Å². The van der Waals surface area contributed by atoms with Crippen LogP contribution in [0.25, 0.3) is 34.2 Å². The smallest absolute Gasteiger partial charge is 0.328 e. The maximum Gasteiger partial charge on any atom is 0.328 e. The maximum atomic E-state index is 15.3. The number of carboxylic acids is 2. The zero-order chi connectivity index (χ0) is 69.8. The quantitative estimate of drug-likeness (QED) is 0.0241. The minimum absolute atomic E-state index is 0.00676. The Hall–Kier alpha value is -9.50. The van der Waals surface area contributed by atoms with E-state index in [1.165, 1.54) is 90.7 Å². The van der Waals surface area contributed by atoms with Crippen LogP contribution in [0, 0.1) is 17.5 Å². The molecule has 1 aliphatic carbocycles. The van der Waals surface area contributed by atoms with Crippen molar-refractivity contribution in [1.29, 1.82) is 0 Å². The Morgan fingerprint density at radius 2 is 1.46 bits per heavy atom. The summed E-state index contributed by atoms with van der Waals surface area (Å²) in [6.45, 7) is 13.9. The second-order valence-corrected chi connectivity index (χ2v) is 26.5. The Balaban J connectivity index is 0.000000159. The van der Waals surface area contributed by atoms with Gasteiger partial charge in [-0.3, -0.25) is 9.89 Å². The number of rotatable bonds is 21. The van der Waals surface area contributed by atoms with Gasteiger partial charge in [0.2, 0.25) is 0 Å². The molecule has 15 heteroatoms. The monoisotopic (exact) mass is 1340 g/mol. The normalized spacial score (nSPS) is 16.0. The summed E-state index contributed by atoms with van der Waals surface area (Å²) in [5, 5.41) is 28.9. The van der Waals surface area contributed by atoms with Gasteiger partial charge in [0, 0.05) is 78.0 Å². The number of allylic oxidation sites excluding steroid dienone is 1. The summed E-state index contributed by atoms with van der Waals surface area (Å²) in [6, 6.07) is 49.0. The number of aromatic amines is 1. The molecule has 3 aliphatic rings. The van der Waals surface area contributed by atoms with Gasteiger partial charge in [0.05, 0.1) is 24.7 Å². The molecule has 1 aromatic heterocycles. The van der Waals surface area contributed by atoms with Gasteiger partial charge >= 0.3 is 11.9 Å². The molecule has 9 aromatic rings. The van der Waals surface area contributed by atoms with E-state index < -0.39 is 35.3 Å². The van der Waals surface area contributed by atoms with Crippen LogP contribution in [0.1, 0.15) is 169 Å². The number of hydrogen-bond donors (Lipinski definition) is 4. The van der Waals surface area contributed by atoms with Crippen LogP contribution >= 0.6 is 11.6 Å². The molecule has 0 radical (unpaired) electrons. The molecule has 0 saturated heterocycles. The third-order valence-electron chi connectivity index (χ3n) is 18.6. The molecular weight excluding hydrogens is 1260 g/mol. The summed E-state index contributed by atoms with van der Waals surface area (Å²) in [4.78, 5) is 33.6. The third kappa shape index (κ3) is 17.4. The highest BCUT2D eigenvalue weighted by Gasteiger charge is 2.41. The summed E-state index contributed by atoms with van der Waals surface area (Å²) in [5.74, 6) is -2.45. The number of H-pyrrole nitrogens is 1. The fraction of sp³-hybridized carbons (Fsp3) is 0.289. The summed E-state index contributed by atoms with van der Waals surface area (Å²) < 4.78 is 64.8. The van der Waals surface area contributed by atoms with Crippen LogP contribution < -0.4 is 9.64 Å². The Bertz CT molecular complexity index is 4430. The molecule has 2 aliphatic heterocycles. The lowest BCUT2D eigenvalue weighted by atomic mass is 9.79. The summed E-state index contributed by atoms with van der Waals surface area (Å²) >= 11 is 6.45. The molecule has 10 nitrogen and oxygen atoms in total. The fourth-order valence-electron chi connectivity index (χ4n) is 13.8. The number of aromatic hydroxyl groups is 1. The Labute approximate surface area is 577 Å². The first-order valence-corrected chi connectivity index (χ1v) is 34.1. The predicted octanol–water partition coefficient (Wildman–Crippen LogP) is 19.9. The molecule has 8 aromatic carbocycles.